The summed E-state index contributed by atoms with van der Waals surface area (Å²) in [6, 6.07) is 3.74. The topological polar surface area (TPSA) is 89.4 Å². The molecule has 0 aliphatic carbocycles. The van der Waals surface area contributed by atoms with Gasteiger partial charge in [-0.1, -0.05) is 5.16 Å². The lowest BCUT2D eigenvalue weighted by atomic mass is 10.3. The Morgan fingerprint density at radius 3 is 2.67 bits per heavy atom. The molecule has 0 amide bonds. The summed E-state index contributed by atoms with van der Waals surface area (Å²) in [5.41, 5.74) is 5.93. The number of sulfonamides is 1. The summed E-state index contributed by atoms with van der Waals surface area (Å²) in [6.07, 6.45) is 0. The lowest BCUT2D eigenvalue weighted by Crippen LogP contribution is -2.27. The summed E-state index contributed by atoms with van der Waals surface area (Å²) in [5.74, 6) is -0.0407. The van der Waals surface area contributed by atoms with Crippen LogP contribution in [0.1, 0.15) is 11.5 Å². The van der Waals surface area contributed by atoms with Crippen LogP contribution in [0.5, 0.6) is 0 Å². The molecular weight excluding hydrogens is 365 g/mol. The predicted molar refractivity (Wildman–Crippen MR) is 78.4 cm³/mol. The second kappa shape index (κ2) is 5.74. The summed E-state index contributed by atoms with van der Waals surface area (Å²) in [4.78, 5) is -0.168. The van der Waals surface area contributed by atoms with Crippen LogP contribution in [0.25, 0.3) is 0 Å². The molecule has 1 heterocycles. The van der Waals surface area contributed by atoms with Crippen molar-refractivity contribution in [3.63, 3.8) is 0 Å². The minimum absolute atomic E-state index is 0.0219. The maximum atomic E-state index is 13.3. The fourth-order valence-electron chi connectivity index (χ4n) is 1.74. The number of halogens is 2. The number of anilines is 1. The van der Waals surface area contributed by atoms with Gasteiger partial charge in [-0.2, -0.15) is 4.31 Å². The maximum Gasteiger partial charge on any atom is 0.245 e. The standard InChI is InChI=1S/C12H13BrFN3O3S/c1-7-3-8(16-20-7)6-17(2)21(18,19)12-4-9(13)10(14)5-11(12)15/h3-5H,6,15H2,1-2H3. The van der Waals surface area contributed by atoms with Crippen molar-refractivity contribution in [3.05, 3.63) is 39.9 Å². The first kappa shape index (κ1) is 15.9. The van der Waals surface area contributed by atoms with Gasteiger partial charge in [-0.25, -0.2) is 12.8 Å². The Hall–Kier alpha value is -1.45. The van der Waals surface area contributed by atoms with Crippen molar-refractivity contribution in [3.8, 4) is 0 Å². The molecule has 0 fully saturated rings. The summed E-state index contributed by atoms with van der Waals surface area (Å²) in [5, 5.41) is 3.74. The van der Waals surface area contributed by atoms with Crippen LogP contribution in [0.2, 0.25) is 0 Å². The van der Waals surface area contributed by atoms with E-state index in [1.165, 1.54) is 7.05 Å². The monoisotopic (exact) mass is 377 g/mol. The van der Waals surface area contributed by atoms with Crippen LogP contribution in [-0.4, -0.2) is 24.9 Å². The maximum absolute atomic E-state index is 13.3. The first-order chi connectivity index (χ1) is 9.71. The van der Waals surface area contributed by atoms with Crippen molar-refractivity contribution in [2.75, 3.05) is 12.8 Å². The lowest BCUT2D eigenvalue weighted by Gasteiger charge is -2.17. The molecule has 0 saturated heterocycles. The van der Waals surface area contributed by atoms with E-state index in [4.69, 9.17) is 10.3 Å². The molecule has 2 aromatic rings. The molecule has 114 valence electrons. The average Bonchev–Trinajstić information content (AvgIpc) is 2.79. The Kier molecular flexibility index (Phi) is 4.35. The van der Waals surface area contributed by atoms with Gasteiger partial charge >= 0.3 is 0 Å². The van der Waals surface area contributed by atoms with Gasteiger partial charge in [-0.05, 0) is 35.0 Å². The van der Waals surface area contributed by atoms with E-state index < -0.39 is 15.8 Å². The highest BCUT2D eigenvalue weighted by atomic mass is 79.9. The largest absolute Gasteiger partial charge is 0.398 e. The van der Waals surface area contributed by atoms with Crippen LogP contribution in [0.3, 0.4) is 0 Å². The predicted octanol–water partition coefficient (Wildman–Crippen LogP) is 2.29. The number of benzene rings is 1. The zero-order valence-electron chi connectivity index (χ0n) is 11.3. The van der Waals surface area contributed by atoms with E-state index in [-0.39, 0.29) is 21.6 Å². The molecule has 0 aliphatic heterocycles. The molecule has 0 aliphatic rings. The number of nitrogen functional groups attached to an aromatic ring is 1. The Labute approximate surface area is 129 Å². The van der Waals surface area contributed by atoms with Crippen molar-refractivity contribution >= 4 is 31.6 Å². The number of nitrogens with zero attached hydrogens (tertiary/aromatic N) is 2. The third kappa shape index (κ3) is 3.25. The van der Waals surface area contributed by atoms with Crippen molar-refractivity contribution in [1.29, 1.82) is 0 Å². The highest BCUT2D eigenvalue weighted by Crippen LogP contribution is 2.28. The number of aromatic nitrogens is 1. The normalized spacial score (nSPS) is 12.0. The molecule has 0 unspecified atom stereocenters. The van der Waals surface area contributed by atoms with Crippen LogP contribution < -0.4 is 5.73 Å². The minimum atomic E-state index is -3.87. The second-order valence-electron chi connectivity index (χ2n) is 4.49. The molecule has 2 rings (SSSR count). The van der Waals surface area contributed by atoms with Gasteiger partial charge in [0.25, 0.3) is 0 Å². The van der Waals surface area contributed by atoms with E-state index in [1.54, 1.807) is 13.0 Å². The van der Waals surface area contributed by atoms with Gasteiger partial charge in [0.15, 0.2) is 0 Å². The quantitative estimate of drug-likeness (QED) is 0.825. The van der Waals surface area contributed by atoms with Gasteiger partial charge in [0.2, 0.25) is 10.0 Å². The van der Waals surface area contributed by atoms with Crippen LogP contribution in [0, 0.1) is 12.7 Å². The van der Waals surface area contributed by atoms with Crippen LogP contribution in [-0.2, 0) is 16.6 Å². The summed E-state index contributed by atoms with van der Waals surface area (Å²) < 4.78 is 44.3. The number of hydrogen-bond acceptors (Lipinski definition) is 5. The number of nitrogens with two attached hydrogens (primary N) is 1. The molecule has 1 aromatic carbocycles. The molecular formula is C12H13BrFN3O3S. The molecule has 9 heteroatoms. The van der Waals surface area contributed by atoms with Gasteiger partial charge in [-0.3, -0.25) is 0 Å². The van der Waals surface area contributed by atoms with Crippen molar-refractivity contribution in [1.82, 2.24) is 9.46 Å². The second-order valence-corrected chi connectivity index (χ2v) is 7.36. The molecule has 0 radical (unpaired) electrons. The molecule has 2 N–H and O–H groups in total. The van der Waals surface area contributed by atoms with E-state index in [2.05, 4.69) is 21.1 Å². The number of rotatable bonds is 4. The Morgan fingerprint density at radius 1 is 1.43 bits per heavy atom. The van der Waals surface area contributed by atoms with Crippen LogP contribution >= 0.6 is 15.9 Å². The molecule has 0 saturated carbocycles. The summed E-state index contributed by atoms with van der Waals surface area (Å²) in [6.45, 7) is 1.73. The van der Waals surface area contributed by atoms with E-state index in [1.807, 2.05) is 0 Å². The van der Waals surface area contributed by atoms with Crippen molar-refractivity contribution < 1.29 is 17.3 Å². The molecule has 0 atom stereocenters. The first-order valence-corrected chi connectivity index (χ1v) is 8.08. The fraction of sp³-hybridized carbons (Fsp3) is 0.250. The number of aryl methyl sites for hydroxylation is 1. The van der Waals surface area contributed by atoms with E-state index in [0.717, 1.165) is 16.4 Å². The van der Waals surface area contributed by atoms with Crippen LogP contribution in [0.4, 0.5) is 10.1 Å². The van der Waals surface area contributed by atoms with Gasteiger partial charge in [0.1, 0.15) is 16.5 Å². The summed E-state index contributed by atoms with van der Waals surface area (Å²) in [7, 11) is -2.48. The Bertz CT molecular complexity index is 776. The molecule has 6 nitrogen and oxygen atoms in total. The third-order valence-corrected chi connectivity index (χ3v) is 5.27. The molecule has 0 spiro atoms. The minimum Gasteiger partial charge on any atom is -0.398 e. The van der Waals surface area contributed by atoms with Crippen molar-refractivity contribution in [2.45, 2.75) is 18.4 Å². The summed E-state index contributed by atoms with van der Waals surface area (Å²) >= 11 is 2.95. The Morgan fingerprint density at radius 2 is 2.10 bits per heavy atom. The van der Waals surface area contributed by atoms with Gasteiger partial charge in [-0.15, -0.1) is 0 Å². The highest BCUT2D eigenvalue weighted by Gasteiger charge is 2.25. The van der Waals surface area contributed by atoms with E-state index >= 15 is 0 Å². The molecule has 21 heavy (non-hydrogen) atoms. The zero-order chi connectivity index (χ0) is 15.8. The first-order valence-electron chi connectivity index (χ1n) is 5.85. The SMILES string of the molecule is Cc1cc(CN(C)S(=O)(=O)c2cc(Br)c(F)cc2N)no1. The van der Waals surface area contributed by atoms with Crippen molar-refractivity contribution in [2.24, 2.45) is 0 Å². The lowest BCUT2D eigenvalue weighted by molar-refractivity contribution is 0.378. The zero-order valence-corrected chi connectivity index (χ0v) is 13.7. The van der Waals surface area contributed by atoms with E-state index in [0.29, 0.717) is 11.5 Å². The molecule has 1 aromatic heterocycles. The van der Waals surface area contributed by atoms with Gasteiger partial charge in [0, 0.05) is 13.1 Å². The van der Waals surface area contributed by atoms with Crippen LogP contribution in [0.15, 0.2) is 32.1 Å². The average molecular weight is 378 g/mol. The van der Waals surface area contributed by atoms with E-state index in [9.17, 15) is 12.8 Å². The third-order valence-electron chi connectivity index (χ3n) is 2.80. The molecule has 0 bridgehead atoms. The Balaban J connectivity index is 2.35. The number of hydrogen-bond donors (Lipinski definition) is 1. The fourth-order valence-corrected chi connectivity index (χ4v) is 3.50. The van der Waals surface area contributed by atoms with Gasteiger partial charge in [0.05, 0.1) is 22.4 Å². The smallest absolute Gasteiger partial charge is 0.245 e. The highest BCUT2D eigenvalue weighted by molar-refractivity contribution is 9.10. The van der Waals surface area contributed by atoms with Gasteiger partial charge < -0.3 is 10.3 Å².